The number of fused-ring (bicyclic) bond motifs is 2. The molecule has 2 fully saturated rings. The third kappa shape index (κ3) is 1.50. The Hall–Kier alpha value is -0.790. The van der Waals surface area contributed by atoms with Crippen molar-refractivity contribution >= 4 is 5.97 Å². The van der Waals surface area contributed by atoms with Crippen LogP contribution in [0.15, 0.2) is 11.6 Å². The lowest BCUT2D eigenvalue weighted by Crippen LogP contribution is -2.29. The molecule has 2 aliphatic carbocycles. The van der Waals surface area contributed by atoms with Crippen LogP contribution in [0.1, 0.15) is 39.5 Å². The van der Waals surface area contributed by atoms with E-state index in [1.54, 1.807) is 5.57 Å². The molecule has 88 valence electrons. The molecule has 1 saturated heterocycles. The van der Waals surface area contributed by atoms with Crippen LogP contribution in [-0.2, 0) is 9.53 Å². The summed E-state index contributed by atoms with van der Waals surface area (Å²) in [6.45, 7) is 4.37. The Morgan fingerprint density at radius 2 is 2.12 bits per heavy atom. The van der Waals surface area contributed by atoms with Crippen molar-refractivity contribution in [3.05, 3.63) is 11.6 Å². The second kappa shape index (κ2) is 3.61. The number of carbonyl (C=O) groups is 1. The highest BCUT2D eigenvalue weighted by atomic mass is 16.6. The smallest absolute Gasteiger partial charge is 0.313 e. The highest BCUT2D eigenvalue weighted by Crippen LogP contribution is 2.46. The topological polar surface area (TPSA) is 26.3 Å². The van der Waals surface area contributed by atoms with E-state index in [1.807, 2.05) is 6.92 Å². The zero-order valence-corrected chi connectivity index (χ0v) is 10.1. The van der Waals surface area contributed by atoms with E-state index < -0.39 is 0 Å². The molecule has 0 spiro atoms. The molecule has 3 aliphatic rings. The Bertz CT molecular complexity index is 345. The molecule has 0 aromatic heterocycles. The predicted octanol–water partition coefficient (Wildman–Crippen LogP) is 2.93. The summed E-state index contributed by atoms with van der Waals surface area (Å²) >= 11 is 0. The molecule has 2 heteroatoms. The van der Waals surface area contributed by atoms with E-state index in [1.165, 1.54) is 25.7 Å². The minimum Gasteiger partial charge on any atom is -0.462 e. The first kappa shape index (κ1) is 10.4. The highest BCUT2D eigenvalue weighted by molar-refractivity contribution is 5.77. The number of allylic oxidation sites excluding steroid dienone is 1. The lowest BCUT2D eigenvalue weighted by molar-refractivity contribution is -0.142. The van der Waals surface area contributed by atoms with E-state index in [9.17, 15) is 4.79 Å². The molecular weight excluding hydrogens is 200 g/mol. The minimum atomic E-state index is 0.0154. The summed E-state index contributed by atoms with van der Waals surface area (Å²) in [6.07, 6.45) is 7.43. The number of cyclic esters (lactones) is 1. The van der Waals surface area contributed by atoms with E-state index in [2.05, 4.69) is 13.0 Å². The summed E-state index contributed by atoms with van der Waals surface area (Å²) < 4.78 is 5.36. The Morgan fingerprint density at radius 1 is 1.31 bits per heavy atom. The van der Waals surface area contributed by atoms with Gasteiger partial charge in [0.05, 0.1) is 5.92 Å². The zero-order valence-electron chi connectivity index (χ0n) is 10.1. The SMILES string of the molecule is CC1CCC2CC3C(C)OC(=O)C3C=C2C1. The fourth-order valence-corrected chi connectivity index (χ4v) is 3.72. The van der Waals surface area contributed by atoms with Crippen LogP contribution in [0.5, 0.6) is 0 Å². The fraction of sp³-hybridized carbons (Fsp3) is 0.786. The van der Waals surface area contributed by atoms with Gasteiger partial charge in [0, 0.05) is 5.92 Å². The lowest BCUT2D eigenvalue weighted by Gasteiger charge is -2.36. The summed E-state index contributed by atoms with van der Waals surface area (Å²) in [5.41, 5.74) is 1.55. The van der Waals surface area contributed by atoms with E-state index in [-0.39, 0.29) is 18.0 Å². The van der Waals surface area contributed by atoms with Gasteiger partial charge in [0.2, 0.25) is 0 Å². The number of ether oxygens (including phenoxy) is 1. The second-order valence-electron chi connectivity index (χ2n) is 5.89. The van der Waals surface area contributed by atoms with Crippen molar-refractivity contribution in [2.24, 2.45) is 23.7 Å². The average Bonchev–Trinajstić information content (AvgIpc) is 2.52. The fourth-order valence-electron chi connectivity index (χ4n) is 3.72. The van der Waals surface area contributed by atoms with Gasteiger partial charge in [-0.15, -0.1) is 0 Å². The normalized spacial score (nSPS) is 46.8. The molecule has 0 aromatic rings. The molecule has 3 rings (SSSR count). The molecule has 0 N–H and O–H groups in total. The van der Waals surface area contributed by atoms with Crippen molar-refractivity contribution in [3.63, 3.8) is 0 Å². The Morgan fingerprint density at radius 3 is 2.94 bits per heavy atom. The molecule has 0 bridgehead atoms. The molecule has 1 heterocycles. The molecule has 0 aromatic carbocycles. The Labute approximate surface area is 97.1 Å². The van der Waals surface area contributed by atoms with E-state index in [0.717, 1.165) is 11.8 Å². The van der Waals surface area contributed by atoms with Crippen molar-refractivity contribution in [3.8, 4) is 0 Å². The van der Waals surface area contributed by atoms with Gasteiger partial charge in [-0.05, 0) is 44.4 Å². The zero-order chi connectivity index (χ0) is 11.3. The number of carbonyl (C=O) groups excluding carboxylic acids is 1. The van der Waals surface area contributed by atoms with Crippen molar-refractivity contribution in [1.82, 2.24) is 0 Å². The second-order valence-corrected chi connectivity index (χ2v) is 5.89. The van der Waals surface area contributed by atoms with Crippen LogP contribution in [0.25, 0.3) is 0 Å². The predicted molar refractivity (Wildman–Crippen MR) is 61.7 cm³/mol. The number of hydrogen-bond donors (Lipinski definition) is 0. The number of rotatable bonds is 0. The van der Waals surface area contributed by atoms with Gasteiger partial charge in [0.15, 0.2) is 0 Å². The van der Waals surface area contributed by atoms with Gasteiger partial charge in [0.1, 0.15) is 6.10 Å². The van der Waals surface area contributed by atoms with Crippen molar-refractivity contribution < 1.29 is 9.53 Å². The standard InChI is InChI=1S/C14H20O2/c1-8-3-4-10-6-12-9(2)16-14(15)13(12)7-11(10)5-8/h7-10,12-13H,3-6H2,1-2H3. The molecule has 5 unspecified atom stereocenters. The van der Waals surface area contributed by atoms with Gasteiger partial charge in [-0.1, -0.05) is 18.6 Å². The summed E-state index contributed by atoms with van der Waals surface area (Å²) in [6, 6.07) is 0. The lowest BCUT2D eigenvalue weighted by atomic mass is 9.67. The third-order valence-corrected chi connectivity index (χ3v) is 4.71. The van der Waals surface area contributed by atoms with Crippen LogP contribution >= 0.6 is 0 Å². The first-order valence-corrected chi connectivity index (χ1v) is 6.56. The first-order valence-electron chi connectivity index (χ1n) is 6.56. The molecule has 16 heavy (non-hydrogen) atoms. The maximum Gasteiger partial charge on any atom is 0.313 e. The molecule has 5 atom stereocenters. The van der Waals surface area contributed by atoms with Gasteiger partial charge >= 0.3 is 5.97 Å². The van der Waals surface area contributed by atoms with Crippen LogP contribution in [0.2, 0.25) is 0 Å². The van der Waals surface area contributed by atoms with E-state index in [4.69, 9.17) is 4.74 Å². The van der Waals surface area contributed by atoms with Gasteiger partial charge in [-0.3, -0.25) is 4.79 Å². The molecule has 0 radical (unpaired) electrons. The molecule has 1 aliphatic heterocycles. The maximum atomic E-state index is 11.7. The van der Waals surface area contributed by atoms with Crippen molar-refractivity contribution in [2.45, 2.75) is 45.6 Å². The molecule has 1 saturated carbocycles. The summed E-state index contributed by atoms with van der Waals surface area (Å²) in [7, 11) is 0. The van der Waals surface area contributed by atoms with E-state index >= 15 is 0 Å². The monoisotopic (exact) mass is 220 g/mol. The van der Waals surface area contributed by atoms with Crippen molar-refractivity contribution in [2.75, 3.05) is 0 Å². The average molecular weight is 220 g/mol. The Kier molecular flexibility index (Phi) is 2.34. The van der Waals surface area contributed by atoms with Crippen LogP contribution < -0.4 is 0 Å². The summed E-state index contributed by atoms with van der Waals surface area (Å²) in [4.78, 5) is 11.7. The van der Waals surface area contributed by atoms with E-state index in [0.29, 0.717) is 5.92 Å². The largest absolute Gasteiger partial charge is 0.462 e. The molecular formula is C14H20O2. The maximum absolute atomic E-state index is 11.7. The number of hydrogen-bond acceptors (Lipinski definition) is 2. The van der Waals surface area contributed by atoms with Gasteiger partial charge in [-0.2, -0.15) is 0 Å². The molecule has 0 amide bonds. The van der Waals surface area contributed by atoms with Crippen LogP contribution in [0.3, 0.4) is 0 Å². The van der Waals surface area contributed by atoms with Crippen LogP contribution in [0, 0.1) is 23.7 Å². The first-order chi connectivity index (χ1) is 7.65. The highest BCUT2D eigenvalue weighted by Gasteiger charge is 2.45. The van der Waals surface area contributed by atoms with Crippen molar-refractivity contribution in [1.29, 1.82) is 0 Å². The van der Waals surface area contributed by atoms with Crippen LogP contribution in [0.4, 0.5) is 0 Å². The minimum absolute atomic E-state index is 0.0154. The van der Waals surface area contributed by atoms with Gasteiger partial charge in [-0.25, -0.2) is 0 Å². The quantitative estimate of drug-likeness (QED) is 0.463. The summed E-state index contributed by atoms with van der Waals surface area (Å²) in [5.74, 6) is 2.09. The van der Waals surface area contributed by atoms with Gasteiger partial charge < -0.3 is 4.74 Å². The molecule has 2 nitrogen and oxygen atoms in total. The summed E-state index contributed by atoms with van der Waals surface area (Å²) in [5, 5.41) is 0. The van der Waals surface area contributed by atoms with Gasteiger partial charge in [0.25, 0.3) is 0 Å². The van der Waals surface area contributed by atoms with Crippen LogP contribution in [-0.4, -0.2) is 12.1 Å². The number of esters is 1. The third-order valence-electron chi connectivity index (χ3n) is 4.71. The Balaban J connectivity index is 1.88.